The number of thioether (sulfide) groups is 1. The van der Waals surface area contributed by atoms with Crippen LogP contribution in [0, 0.1) is 6.92 Å². The second-order valence-electron chi connectivity index (χ2n) is 7.71. The number of allylic oxidation sites excluding steroid dienone is 1. The first-order valence-corrected chi connectivity index (χ1v) is 12.6. The summed E-state index contributed by atoms with van der Waals surface area (Å²) in [4.78, 5) is 31.3. The highest BCUT2D eigenvalue weighted by molar-refractivity contribution is 7.99. The van der Waals surface area contributed by atoms with Crippen LogP contribution in [0.4, 0.5) is 0 Å². The Kier molecular flexibility index (Phi) is 7.49. The third kappa shape index (κ3) is 5.24. The van der Waals surface area contributed by atoms with E-state index in [1.165, 1.54) is 23.1 Å². The van der Waals surface area contributed by atoms with Crippen LogP contribution in [0.25, 0.3) is 21.3 Å². The number of aromatic nitrogens is 2. The molecular weight excluding hydrogens is 466 g/mol. The SMILES string of the molecule is C=CCn1c(SCC(=O)NCc2ccc(OC)cc2)nc2scc(-c3ccc(C)cc3)c2c1=O. The first kappa shape index (κ1) is 23.8. The van der Waals surface area contributed by atoms with Gasteiger partial charge in [-0.2, -0.15) is 0 Å². The fourth-order valence-electron chi connectivity index (χ4n) is 3.48. The highest BCUT2D eigenvalue weighted by Gasteiger charge is 2.17. The summed E-state index contributed by atoms with van der Waals surface area (Å²) in [6.45, 7) is 6.55. The maximum absolute atomic E-state index is 13.4. The summed E-state index contributed by atoms with van der Waals surface area (Å²) in [6, 6.07) is 15.6. The summed E-state index contributed by atoms with van der Waals surface area (Å²) in [5, 5.41) is 5.99. The van der Waals surface area contributed by atoms with Gasteiger partial charge in [-0.25, -0.2) is 4.98 Å². The zero-order chi connectivity index (χ0) is 24.1. The van der Waals surface area contributed by atoms with Gasteiger partial charge >= 0.3 is 0 Å². The van der Waals surface area contributed by atoms with E-state index in [0.29, 0.717) is 28.5 Å². The van der Waals surface area contributed by atoms with Crippen molar-refractivity contribution in [3.05, 3.63) is 88.0 Å². The maximum Gasteiger partial charge on any atom is 0.263 e. The van der Waals surface area contributed by atoms with E-state index >= 15 is 0 Å². The van der Waals surface area contributed by atoms with Crippen LogP contribution in [0.5, 0.6) is 5.75 Å². The van der Waals surface area contributed by atoms with Gasteiger partial charge in [0.05, 0.1) is 18.2 Å². The average Bonchev–Trinajstić information content (AvgIpc) is 3.28. The van der Waals surface area contributed by atoms with Crippen LogP contribution in [0.1, 0.15) is 11.1 Å². The van der Waals surface area contributed by atoms with Crippen LogP contribution in [-0.4, -0.2) is 28.3 Å². The molecule has 174 valence electrons. The molecule has 0 aliphatic rings. The number of carbonyl (C=O) groups is 1. The van der Waals surface area contributed by atoms with Crippen molar-refractivity contribution in [2.24, 2.45) is 0 Å². The van der Waals surface area contributed by atoms with E-state index in [1.807, 2.05) is 60.8 Å². The third-order valence-electron chi connectivity index (χ3n) is 5.31. The number of ether oxygens (including phenoxy) is 1. The minimum atomic E-state index is -0.133. The lowest BCUT2D eigenvalue weighted by Crippen LogP contribution is -2.26. The van der Waals surface area contributed by atoms with Crippen molar-refractivity contribution < 1.29 is 9.53 Å². The quantitative estimate of drug-likeness (QED) is 0.202. The molecule has 0 spiro atoms. The van der Waals surface area contributed by atoms with E-state index in [-0.39, 0.29) is 17.2 Å². The van der Waals surface area contributed by atoms with E-state index < -0.39 is 0 Å². The molecule has 1 N–H and O–H groups in total. The summed E-state index contributed by atoms with van der Waals surface area (Å²) in [6.07, 6.45) is 1.67. The first-order valence-electron chi connectivity index (χ1n) is 10.7. The molecule has 4 rings (SSSR count). The fourth-order valence-corrected chi connectivity index (χ4v) is 5.30. The Morgan fingerprint density at radius 3 is 2.62 bits per heavy atom. The van der Waals surface area contributed by atoms with Crippen LogP contribution in [-0.2, 0) is 17.9 Å². The van der Waals surface area contributed by atoms with Gasteiger partial charge < -0.3 is 10.1 Å². The molecule has 8 heteroatoms. The third-order valence-corrected chi connectivity index (χ3v) is 7.16. The smallest absolute Gasteiger partial charge is 0.263 e. The second kappa shape index (κ2) is 10.7. The van der Waals surface area contributed by atoms with Crippen LogP contribution < -0.4 is 15.6 Å². The number of fused-ring (bicyclic) bond motifs is 1. The molecule has 0 saturated heterocycles. The van der Waals surface area contributed by atoms with Gasteiger partial charge in [-0.05, 0) is 30.2 Å². The topological polar surface area (TPSA) is 73.2 Å². The zero-order valence-electron chi connectivity index (χ0n) is 19.0. The number of hydrogen-bond acceptors (Lipinski definition) is 6. The molecule has 0 aliphatic heterocycles. The summed E-state index contributed by atoms with van der Waals surface area (Å²) in [7, 11) is 1.62. The van der Waals surface area contributed by atoms with E-state index in [9.17, 15) is 9.59 Å². The molecule has 1 amide bonds. The zero-order valence-corrected chi connectivity index (χ0v) is 20.7. The first-order chi connectivity index (χ1) is 16.5. The van der Waals surface area contributed by atoms with Crippen molar-refractivity contribution in [2.75, 3.05) is 12.9 Å². The van der Waals surface area contributed by atoms with Crippen LogP contribution in [0.2, 0.25) is 0 Å². The molecule has 0 bridgehead atoms. The molecule has 2 heterocycles. The Hall–Kier alpha value is -3.36. The molecule has 2 aromatic carbocycles. The van der Waals surface area contributed by atoms with Gasteiger partial charge in [0.25, 0.3) is 5.56 Å². The van der Waals surface area contributed by atoms with Crippen molar-refractivity contribution in [2.45, 2.75) is 25.2 Å². The largest absolute Gasteiger partial charge is 0.497 e. The van der Waals surface area contributed by atoms with Crippen LogP contribution in [0.15, 0.2) is 76.5 Å². The average molecular weight is 492 g/mol. The lowest BCUT2D eigenvalue weighted by atomic mass is 10.1. The molecule has 0 unspecified atom stereocenters. The van der Waals surface area contributed by atoms with Crippen molar-refractivity contribution in [3.8, 4) is 16.9 Å². The molecule has 6 nitrogen and oxygen atoms in total. The van der Waals surface area contributed by atoms with Crippen LogP contribution in [0.3, 0.4) is 0 Å². The summed E-state index contributed by atoms with van der Waals surface area (Å²) >= 11 is 2.69. The molecular formula is C26H25N3O3S2. The number of thiophene rings is 1. The Labute approximate surface area is 206 Å². The molecule has 0 radical (unpaired) electrons. The molecule has 34 heavy (non-hydrogen) atoms. The Balaban J connectivity index is 1.53. The van der Waals surface area contributed by atoms with Crippen molar-refractivity contribution in [1.82, 2.24) is 14.9 Å². The van der Waals surface area contributed by atoms with Gasteiger partial charge in [-0.3, -0.25) is 14.2 Å². The Morgan fingerprint density at radius 1 is 1.21 bits per heavy atom. The monoisotopic (exact) mass is 491 g/mol. The van der Waals surface area contributed by atoms with Crippen molar-refractivity contribution in [3.63, 3.8) is 0 Å². The minimum Gasteiger partial charge on any atom is -0.497 e. The van der Waals surface area contributed by atoms with Gasteiger partial charge in [-0.1, -0.05) is 59.8 Å². The van der Waals surface area contributed by atoms with E-state index in [2.05, 4.69) is 11.9 Å². The summed E-state index contributed by atoms with van der Waals surface area (Å²) in [5.41, 5.74) is 3.88. The van der Waals surface area contributed by atoms with Gasteiger partial charge in [-0.15, -0.1) is 17.9 Å². The van der Waals surface area contributed by atoms with Crippen LogP contribution >= 0.6 is 23.1 Å². The molecule has 0 atom stereocenters. The lowest BCUT2D eigenvalue weighted by Gasteiger charge is -2.11. The molecule has 0 fully saturated rings. The number of nitrogens with zero attached hydrogens (tertiary/aromatic N) is 2. The number of methoxy groups -OCH3 is 1. The number of nitrogens with one attached hydrogen (secondary N) is 1. The fraction of sp³-hybridized carbons (Fsp3) is 0.192. The normalized spacial score (nSPS) is 10.9. The number of benzene rings is 2. The molecule has 4 aromatic rings. The summed E-state index contributed by atoms with van der Waals surface area (Å²) in [5.74, 6) is 0.791. The highest BCUT2D eigenvalue weighted by Crippen LogP contribution is 2.32. The Morgan fingerprint density at radius 2 is 1.94 bits per heavy atom. The minimum absolute atomic E-state index is 0.122. The standard InChI is InChI=1S/C26H25N3O3S2/c1-4-13-29-25(31)23-21(19-9-5-17(2)6-10-19)15-33-24(23)28-26(29)34-16-22(30)27-14-18-7-11-20(32-3)12-8-18/h4-12,15H,1,13-14,16H2,2-3H3,(H,27,30). The second-order valence-corrected chi connectivity index (χ2v) is 9.51. The predicted octanol–water partition coefficient (Wildman–Crippen LogP) is 5.04. The summed E-state index contributed by atoms with van der Waals surface area (Å²) < 4.78 is 6.74. The van der Waals surface area contributed by atoms with Gasteiger partial charge in [0.15, 0.2) is 5.16 Å². The number of rotatable bonds is 9. The number of hydrogen-bond donors (Lipinski definition) is 1. The highest BCUT2D eigenvalue weighted by atomic mass is 32.2. The van der Waals surface area contributed by atoms with Gasteiger partial charge in [0.1, 0.15) is 10.6 Å². The van der Waals surface area contributed by atoms with E-state index in [1.54, 1.807) is 17.8 Å². The van der Waals surface area contributed by atoms with Crippen molar-refractivity contribution >= 4 is 39.2 Å². The van der Waals surface area contributed by atoms with Gasteiger partial charge in [0, 0.05) is 24.0 Å². The molecule has 0 aliphatic carbocycles. The predicted molar refractivity (Wildman–Crippen MR) is 140 cm³/mol. The van der Waals surface area contributed by atoms with E-state index in [0.717, 1.165) is 28.0 Å². The Bertz CT molecular complexity index is 1370. The number of carbonyl (C=O) groups excluding carboxylic acids is 1. The molecule has 0 saturated carbocycles. The molecule has 2 aromatic heterocycles. The van der Waals surface area contributed by atoms with Gasteiger partial charge in [0.2, 0.25) is 5.91 Å². The lowest BCUT2D eigenvalue weighted by molar-refractivity contribution is -0.118. The number of amides is 1. The van der Waals surface area contributed by atoms with E-state index in [4.69, 9.17) is 9.72 Å². The number of aryl methyl sites for hydroxylation is 1. The van der Waals surface area contributed by atoms with Crippen molar-refractivity contribution in [1.29, 1.82) is 0 Å². The maximum atomic E-state index is 13.4.